The molecule has 3 unspecified atom stereocenters. The third-order valence-corrected chi connectivity index (χ3v) is 12.8. The minimum atomic E-state index is -0.929. The van der Waals surface area contributed by atoms with Crippen LogP contribution < -0.4 is 19.7 Å². The molecule has 5 aliphatic heterocycles. The number of nitrogens with zero attached hydrogens (tertiary/aromatic N) is 5. The summed E-state index contributed by atoms with van der Waals surface area (Å²) in [5, 5.41) is 5.03. The number of halogens is 2. The van der Waals surface area contributed by atoms with Gasteiger partial charge in [0.25, 0.3) is 0 Å². The lowest BCUT2D eigenvalue weighted by Gasteiger charge is -2.45. The lowest BCUT2D eigenvalue weighted by Crippen LogP contribution is -2.57. The molecule has 4 fully saturated rings. The average Bonchev–Trinajstić information content (AvgIpc) is 3.16. The zero-order valence-electron chi connectivity index (χ0n) is 32.2. The van der Waals surface area contributed by atoms with Crippen molar-refractivity contribution in [3.63, 3.8) is 0 Å². The second-order valence-corrected chi connectivity index (χ2v) is 17.0. The van der Waals surface area contributed by atoms with Crippen LogP contribution in [0.2, 0.25) is 0 Å². The van der Waals surface area contributed by atoms with Gasteiger partial charge in [0, 0.05) is 43.9 Å². The van der Waals surface area contributed by atoms with Crippen LogP contribution in [-0.2, 0) is 16.0 Å². The number of aryl methyl sites for hydroxylation is 1. The van der Waals surface area contributed by atoms with Gasteiger partial charge in [-0.05, 0) is 99.1 Å². The highest BCUT2D eigenvalue weighted by Crippen LogP contribution is 2.41. The van der Waals surface area contributed by atoms with Crippen molar-refractivity contribution in [3.05, 3.63) is 47.9 Å². The number of rotatable bonds is 4. The molecule has 8 bridgehead atoms. The van der Waals surface area contributed by atoms with Gasteiger partial charge in [0.2, 0.25) is 0 Å². The Morgan fingerprint density at radius 1 is 1.07 bits per heavy atom. The van der Waals surface area contributed by atoms with Crippen LogP contribution in [-0.4, -0.2) is 82.6 Å². The molecule has 56 heavy (non-hydrogen) atoms. The monoisotopic (exact) mass is 768 g/mol. The van der Waals surface area contributed by atoms with Gasteiger partial charge in [0.05, 0.1) is 23.4 Å². The summed E-state index contributed by atoms with van der Waals surface area (Å²) in [6.07, 6.45) is 8.31. The second kappa shape index (κ2) is 15.0. The number of esters is 1. The SMILES string of the molecule is CC1CCCCC1C(=O)Oc1cc2c3c(cccc3c1)CCCOC(=O)N[C@]1(C)CCCN(C1)c1nc(O[C@H]3[C@@H]4CCCN3C[C@H](F)C4)nc3c(F)c-2ncc13. The van der Waals surface area contributed by atoms with Gasteiger partial charge in [-0.1, -0.05) is 38.0 Å². The number of aromatic nitrogens is 3. The number of amides is 1. The molecule has 6 aliphatic rings. The number of benzene rings is 2. The molecule has 7 heterocycles. The van der Waals surface area contributed by atoms with Crippen LogP contribution in [0, 0.1) is 23.6 Å². The highest BCUT2D eigenvalue weighted by molar-refractivity contribution is 6.02. The van der Waals surface area contributed by atoms with Crippen LogP contribution in [0.1, 0.15) is 83.6 Å². The predicted molar refractivity (Wildman–Crippen MR) is 208 cm³/mol. The Morgan fingerprint density at radius 3 is 2.80 bits per heavy atom. The highest BCUT2D eigenvalue weighted by Gasteiger charge is 2.42. The van der Waals surface area contributed by atoms with Crippen molar-refractivity contribution in [1.29, 1.82) is 0 Å². The molecule has 1 amide bonds. The molecule has 2 aromatic carbocycles. The standard InChI is InChI=1S/C43H50F2N6O5/c1-25-9-3-4-14-31(25)40(52)55-30-20-27-11-5-10-26-13-7-18-54-42(53)49-43(2)15-8-17-51(24-43)38-33-22-46-36(32(21-30)34(26)27)35(45)37(33)47-41(48-38)56-39-28-12-6-16-50(39)23-29(44)19-28/h5,10-11,20-22,25,28-29,31,39H,3-4,6-9,12-19,23-24H2,1-2H3,(H,49,53)/t25?,28-,29-,31?,39+,43-/m1/s1. The fourth-order valence-corrected chi connectivity index (χ4v) is 10.0. The lowest BCUT2D eigenvalue weighted by atomic mass is 9.80. The molecule has 13 heteroatoms. The highest BCUT2D eigenvalue weighted by atomic mass is 19.1. The van der Waals surface area contributed by atoms with Gasteiger partial charge in [-0.15, -0.1) is 0 Å². The zero-order valence-corrected chi connectivity index (χ0v) is 32.2. The Morgan fingerprint density at radius 2 is 1.95 bits per heavy atom. The third kappa shape index (κ3) is 7.11. The van der Waals surface area contributed by atoms with Gasteiger partial charge in [0.15, 0.2) is 12.0 Å². The van der Waals surface area contributed by atoms with Crippen LogP contribution in [0.4, 0.5) is 19.4 Å². The maximum atomic E-state index is 17.6. The first-order valence-corrected chi connectivity index (χ1v) is 20.5. The number of alkyl halides is 1. The van der Waals surface area contributed by atoms with Crippen LogP contribution in [0.25, 0.3) is 32.9 Å². The van der Waals surface area contributed by atoms with Gasteiger partial charge in [-0.3, -0.25) is 14.7 Å². The maximum absolute atomic E-state index is 17.6. The van der Waals surface area contributed by atoms with Gasteiger partial charge in [0.1, 0.15) is 28.9 Å². The summed E-state index contributed by atoms with van der Waals surface area (Å²) < 4.78 is 50.7. The average molecular weight is 769 g/mol. The number of ether oxygens (including phenoxy) is 3. The minimum Gasteiger partial charge on any atom is -0.450 e. The Labute approximate surface area is 325 Å². The summed E-state index contributed by atoms with van der Waals surface area (Å²) in [6, 6.07) is 9.39. The fraction of sp³-hybridized carbons (Fsp3) is 0.558. The van der Waals surface area contributed by atoms with E-state index in [2.05, 4.69) is 12.2 Å². The van der Waals surface area contributed by atoms with E-state index in [0.29, 0.717) is 67.8 Å². The third-order valence-electron chi connectivity index (χ3n) is 12.8. The van der Waals surface area contributed by atoms with Crippen LogP contribution >= 0.6 is 0 Å². The zero-order chi connectivity index (χ0) is 38.6. The predicted octanol–water partition coefficient (Wildman–Crippen LogP) is 7.91. The van der Waals surface area contributed by atoms with Crippen LogP contribution in [0.5, 0.6) is 11.8 Å². The van der Waals surface area contributed by atoms with Gasteiger partial charge in [-0.25, -0.2) is 13.6 Å². The van der Waals surface area contributed by atoms with Gasteiger partial charge >= 0.3 is 18.1 Å². The first-order chi connectivity index (χ1) is 27.1. The summed E-state index contributed by atoms with van der Waals surface area (Å²) in [7, 11) is 0. The lowest BCUT2D eigenvalue weighted by molar-refractivity contribution is -0.141. The van der Waals surface area contributed by atoms with Crippen LogP contribution in [0.15, 0.2) is 36.5 Å². The van der Waals surface area contributed by atoms with E-state index < -0.39 is 29.8 Å². The van der Waals surface area contributed by atoms with Crippen molar-refractivity contribution in [2.75, 3.05) is 37.7 Å². The summed E-state index contributed by atoms with van der Waals surface area (Å²) in [5.74, 6) is -0.180. The van der Waals surface area contributed by atoms with Crippen LogP contribution in [0.3, 0.4) is 0 Å². The summed E-state index contributed by atoms with van der Waals surface area (Å²) in [6.45, 7) is 6.23. The number of piperidine rings is 3. The summed E-state index contributed by atoms with van der Waals surface area (Å²) in [5.41, 5.74) is 0.837. The maximum Gasteiger partial charge on any atom is 0.407 e. The molecule has 11 nitrogen and oxygen atoms in total. The number of carbonyl (C=O) groups is 2. The molecule has 1 saturated carbocycles. The molecule has 10 rings (SSSR count). The molecule has 0 radical (unpaired) electrons. The largest absolute Gasteiger partial charge is 0.450 e. The first kappa shape index (κ1) is 37.0. The van der Waals surface area contributed by atoms with E-state index in [-0.39, 0.29) is 54.1 Å². The summed E-state index contributed by atoms with van der Waals surface area (Å²) in [4.78, 5) is 45.3. The van der Waals surface area contributed by atoms with E-state index in [1.54, 1.807) is 12.3 Å². The van der Waals surface area contributed by atoms with Crippen molar-refractivity contribution in [3.8, 4) is 23.0 Å². The fourth-order valence-electron chi connectivity index (χ4n) is 10.0. The van der Waals surface area contributed by atoms with E-state index in [1.165, 1.54) is 0 Å². The normalized spacial score (nSPS) is 29.4. The van der Waals surface area contributed by atoms with E-state index in [0.717, 1.165) is 61.3 Å². The number of fused-ring (bicyclic) bond motifs is 8. The second-order valence-electron chi connectivity index (χ2n) is 17.0. The molecular formula is C43H50F2N6O5. The topological polar surface area (TPSA) is 119 Å². The molecular weight excluding hydrogens is 719 g/mol. The Hall–Kier alpha value is -4.65. The molecule has 0 spiro atoms. The molecule has 296 valence electrons. The van der Waals surface area contributed by atoms with Crippen molar-refractivity contribution >= 4 is 39.6 Å². The molecule has 4 aromatic rings. The number of carbonyl (C=O) groups excluding carboxylic acids is 2. The molecule has 2 aromatic heterocycles. The number of nitrogens with one attached hydrogen (secondary N) is 1. The first-order valence-electron chi connectivity index (χ1n) is 20.5. The molecule has 1 N–H and O–H groups in total. The number of anilines is 1. The number of hydrogen-bond acceptors (Lipinski definition) is 10. The van der Waals surface area contributed by atoms with E-state index in [9.17, 15) is 14.0 Å². The van der Waals surface area contributed by atoms with E-state index in [4.69, 9.17) is 29.2 Å². The smallest absolute Gasteiger partial charge is 0.407 e. The molecule has 1 aliphatic carbocycles. The van der Waals surface area contributed by atoms with Crippen molar-refractivity contribution in [2.45, 2.75) is 102 Å². The Kier molecular flexibility index (Phi) is 9.91. The Balaban J connectivity index is 1.21. The number of pyridine rings is 1. The number of hydrogen-bond donors (Lipinski definition) is 1. The minimum absolute atomic E-state index is 0.00940. The van der Waals surface area contributed by atoms with Gasteiger partial charge < -0.3 is 24.4 Å². The summed E-state index contributed by atoms with van der Waals surface area (Å²) >= 11 is 0. The van der Waals surface area contributed by atoms with E-state index >= 15 is 4.39 Å². The van der Waals surface area contributed by atoms with Crippen molar-refractivity contribution < 1.29 is 32.6 Å². The van der Waals surface area contributed by atoms with Gasteiger partial charge in [-0.2, -0.15) is 9.97 Å². The Bertz CT molecular complexity index is 2160. The molecule has 3 saturated heterocycles. The van der Waals surface area contributed by atoms with Crippen molar-refractivity contribution in [2.24, 2.45) is 17.8 Å². The number of alkyl carbamates (subject to hydrolysis) is 1. The quantitative estimate of drug-likeness (QED) is 0.162. The van der Waals surface area contributed by atoms with Crippen molar-refractivity contribution in [1.82, 2.24) is 25.2 Å². The van der Waals surface area contributed by atoms with E-state index in [1.807, 2.05) is 41.0 Å². The molecule has 7 atom stereocenters.